The molecule has 0 aliphatic carbocycles. The number of rotatable bonds is 1. The molecule has 50 valence electrons. The van der Waals surface area contributed by atoms with Gasteiger partial charge in [-0.1, -0.05) is 5.11 Å². The van der Waals surface area contributed by atoms with Gasteiger partial charge in [-0.3, -0.25) is 10.2 Å². The third kappa shape index (κ3) is 0.904. The standard InChI is InChI=1S/C4H8N4O/c1-5-3-6-7-4(9)8(3)2/h3,5H,1-2H3. The molecule has 2 amide bonds. The quantitative estimate of drug-likeness (QED) is 0.540. The zero-order valence-electron chi connectivity index (χ0n) is 5.33. The van der Waals surface area contributed by atoms with Crippen LogP contribution in [-0.2, 0) is 0 Å². The van der Waals surface area contributed by atoms with Crippen LogP contribution in [0.5, 0.6) is 0 Å². The first-order valence-electron chi connectivity index (χ1n) is 2.60. The fraction of sp³-hybridized carbons (Fsp3) is 0.750. The van der Waals surface area contributed by atoms with Gasteiger partial charge in [0.25, 0.3) is 0 Å². The molecule has 1 aliphatic heterocycles. The SMILES string of the molecule is CNC1N=NC(=O)N1C. The number of carbonyl (C=O) groups is 1. The van der Waals surface area contributed by atoms with Crippen molar-refractivity contribution in [3.05, 3.63) is 0 Å². The lowest BCUT2D eigenvalue weighted by atomic mass is 10.7. The lowest BCUT2D eigenvalue weighted by Gasteiger charge is -2.13. The van der Waals surface area contributed by atoms with Crippen LogP contribution in [0.1, 0.15) is 0 Å². The Bertz CT molecular complexity index is 155. The monoisotopic (exact) mass is 128 g/mol. The maximum absolute atomic E-state index is 10.6. The summed E-state index contributed by atoms with van der Waals surface area (Å²) >= 11 is 0. The molecule has 9 heavy (non-hydrogen) atoms. The van der Waals surface area contributed by atoms with Crippen LogP contribution in [0, 0.1) is 0 Å². The summed E-state index contributed by atoms with van der Waals surface area (Å²) < 4.78 is 0. The summed E-state index contributed by atoms with van der Waals surface area (Å²) in [6.45, 7) is 0. The van der Waals surface area contributed by atoms with Crippen LogP contribution < -0.4 is 5.32 Å². The summed E-state index contributed by atoms with van der Waals surface area (Å²) in [5.74, 6) is 0. The maximum atomic E-state index is 10.6. The Morgan fingerprint density at radius 3 is 2.67 bits per heavy atom. The number of hydrogen-bond acceptors (Lipinski definition) is 3. The third-order valence-electron chi connectivity index (χ3n) is 1.18. The number of nitrogens with one attached hydrogen (secondary N) is 1. The van der Waals surface area contributed by atoms with Gasteiger partial charge in [0.15, 0.2) is 6.29 Å². The van der Waals surface area contributed by atoms with Gasteiger partial charge in [0, 0.05) is 7.05 Å². The fourth-order valence-electron chi connectivity index (χ4n) is 0.608. The molecule has 1 rings (SSSR count). The normalized spacial score (nSPS) is 25.8. The van der Waals surface area contributed by atoms with Gasteiger partial charge in [-0.15, -0.1) is 5.11 Å². The van der Waals surface area contributed by atoms with E-state index in [2.05, 4.69) is 15.5 Å². The molecule has 1 aliphatic rings. The molecule has 0 saturated heterocycles. The second-order valence-corrected chi connectivity index (χ2v) is 1.77. The number of azo groups is 1. The topological polar surface area (TPSA) is 57.1 Å². The minimum Gasteiger partial charge on any atom is -0.288 e. The van der Waals surface area contributed by atoms with Gasteiger partial charge >= 0.3 is 6.03 Å². The summed E-state index contributed by atoms with van der Waals surface area (Å²) in [7, 11) is 3.36. The van der Waals surface area contributed by atoms with Crippen molar-refractivity contribution < 1.29 is 4.79 Å². The molecule has 0 aromatic heterocycles. The van der Waals surface area contributed by atoms with Crippen molar-refractivity contribution in [2.45, 2.75) is 6.29 Å². The van der Waals surface area contributed by atoms with E-state index in [0.717, 1.165) is 0 Å². The lowest BCUT2D eigenvalue weighted by molar-refractivity contribution is 0.209. The van der Waals surface area contributed by atoms with E-state index >= 15 is 0 Å². The zero-order chi connectivity index (χ0) is 6.85. The molecule has 1 unspecified atom stereocenters. The first kappa shape index (κ1) is 6.15. The number of amides is 2. The van der Waals surface area contributed by atoms with E-state index in [0.29, 0.717) is 0 Å². The summed E-state index contributed by atoms with van der Waals surface area (Å²) in [4.78, 5) is 12.0. The van der Waals surface area contributed by atoms with Crippen LogP contribution in [-0.4, -0.2) is 31.3 Å². The van der Waals surface area contributed by atoms with E-state index in [9.17, 15) is 4.79 Å². The molecule has 1 atom stereocenters. The Hall–Kier alpha value is -0.970. The van der Waals surface area contributed by atoms with Gasteiger partial charge in [0.1, 0.15) is 0 Å². The van der Waals surface area contributed by atoms with E-state index in [-0.39, 0.29) is 12.3 Å². The largest absolute Gasteiger partial charge is 0.364 e. The number of urea groups is 1. The highest BCUT2D eigenvalue weighted by atomic mass is 16.2. The molecule has 1 N–H and O–H groups in total. The number of hydrogen-bond donors (Lipinski definition) is 1. The fourth-order valence-corrected chi connectivity index (χ4v) is 0.608. The van der Waals surface area contributed by atoms with Crippen LogP contribution in [0.15, 0.2) is 10.2 Å². The minimum absolute atomic E-state index is 0.266. The smallest absolute Gasteiger partial charge is 0.288 e. The highest BCUT2D eigenvalue weighted by Gasteiger charge is 2.22. The molecule has 5 heteroatoms. The third-order valence-corrected chi connectivity index (χ3v) is 1.18. The van der Waals surface area contributed by atoms with Gasteiger partial charge in [-0.25, -0.2) is 4.79 Å². The van der Waals surface area contributed by atoms with Crippen molar-refractivity contribution >= 4 is 6.03 Å². The predicted octanol–water partition coefficient (Wildman–Crippen LogP) is 0.00700. The van der Waals surface area contributed by atoms with Gasteiger partial charge in [-0.05, 0) is 7.05 Å². The lowest BCUT2D eigenvalue weighted by Crippen LogP contribution is -2.38. The van der Waals surface area contributed by atoms with Crippen molar-refractivity contribution in [3.8, 4) is 0 Å². The van der Waals surface area contributed by atoms with Crippen molar-refractivity contribution in [2.75, 3.05) is 14.1 Å². The highest BCUT2D eigenvalue weighted by Crippen LogP contribution is 2.05. The molecule has 0 bridgehead atoms. The minimum atomic E-state index is -0.297. The molecular weight excluding hydrogens is 120 g/mol. The molecule has 0 fully saturated rings. The van der Waals surface area contributed by atoms with Crippen molar-refractivity contribution in [1.82, 2.24) is 10.2 Å². The first-order valence-corrected chi connectivity index (χ1v) is 2.60. The van der Waals surface area contributed by atoms with Crippen LogP contribution >= 0.6 is 0 Å². The Labute approximate surface area is 52.7 Å². The van der Waals surface area contributed by atoms with E-state index in [1.165, 1.54) is 4.90 Å². The number of nitrogens with zero attached hydrogens (tertiary/aromatic N) is 3. The van der Waals surface area contributed by atoms with Gasteiger partial charge in [0.2, 0.25) is 0 Å². The Kier molecular flexibility index (Phi) is 1.44. The van der Waals surface area contributed by atoms with Crippen molar-refractivity contribution in [1.29, 1.82) is 0 Å². The summed E-state index contributed by atoms with van der Waals surface area (Å²) in [5, 5.41) is 9.71. The van der Waals surface area contributed by atoms with E-state index < -0.39 is 0 Å². The van der Waals surface area contributed by atoms with E-state index in [4.69, 9.17) is 0 Å². The second kappa shape index (κ2) is 2.10. The molecule has 1 heterocycles. The second-order valence-electron chi connectivity index (χ2n) is 1.77. The first-order chi connectivity index (χ1) is 4.25. The molecule has 0 spiro atoms. The van der Waals surface area contributed by atoms with E-state index in [1.807, 2.05) is 0 Å². The molecule has 0 saturated carbocycles. The van der Waals surface area contributed by atoms with Gasteiger partial charge in [-0.2, -0.15) is 0 Å². The van der Waals surface area contributed by atoms with Crippen LogP contribution in [0.3, 0.4) is 0 Å². The Morgan fingerprint density at radius 1 is 1.78 bits per heavy atom. The molecule has 5 nitrogen and oxygen atoms in total. The summed E-state index contributed by atoms with van der Waals surface area (Å²) in [5.41, 5.74) is 0. The Balaban J connectivity index is 2.62. The van der Waals surface area contributed by atoms with Crippen LogP contribution in [0.4, 0.5) is 4.79 Å². The Morgan fingerprint density at radius 2 is 2.44 bits per heavy atom. The van der Waals surface area contributed by atoms with Crippen molar-refractivity contribution in [2.24, 2.45) is 10.2 Å². The average Bonchev–Trinajstić information content (AvgIpc) is 2.15. The van der Waals surface area contributed by atoms with Gasteiger partial charge < -0.3 is 0 Å². The van der Waals surface area contributed by atoms with Crippen molar-refractivity contribution in [3.63, 3.8) is 0 Å². The average molecular weight is 128 g/mol. The summed E-state index contributed by atoms with van der Waals surface area (Å²) in [6, 6.07) is -0.297. The van der Waals surface area contributed by atoms with Gasteiger partial charge in [0.05, 0.1) is 0 Å². The molecule has 0 aromatic rings. The zero-order valence-corrected chi connectivity index (χ0v) is 5.33. The number of carbonyl (C=O) groups excluding carboxylic acids is 1. The summed E-state index contributed by atoms with van der Waals surface area (Å²) in [6.07, 6.45) is -0.266. The van der Waals surface area contributed by atoms with Crippen LogP contribution in [0.2, 0.25) is 0 Å². The molecule has 0 aromatic carbocycles. The molecule has 0 radical (unpaired) electrons. The highest BCUT2D eigenvalue weighted by molar-refractivity contribution is 5.75. The predicted molar refractivity (Wildman–Crippen MR) is 30.9 cm³/mol. The van der Waals surface area contributed by atoms with Crippen LogP contribution in [0.25, 0.3) is 0 Å². The maximum Gasteiger partial charge on any atom is 0.364 e. The van der Waals surface area contributed by atoms with E-state index in [1.54, 1.807) is 14.1 Å². The molecular formula is C4H8N4O.